The van der Waals surface area contributed by atoms with Crippen LogP contribution in [0.2, 0.25) is 0 Å². The van der Waals surface area contributed by atoms with Crippen LogP contribution in [-0.4, -0.2) is 17.9 Å². The first kappa shape index (κ1) is 15.6. The Balaban J connectivity index is 2.09. The lowest BCUT2D eigenvalue weighted by molar-refractivity contribution is -0.167. The van der Waals surface area contributed by atoms with Crippen molar-refractivity contribution in [1.29, 1.82) is 0 Å². The van der Waals surface area contributed by atoms with Crippen LogP contribution < -0.4 is 5.32 Å². The third kappa shape index (κ3) is 4.08. The molecule has 1 heterocycles. The Morgan fingerprint density at radius 2 is 1.91 bits per heavy atom. The van der Waals surface area contributed by atoms with Gasteiger partial charge in [-0.1, -0.05) is 18.2 Å². The quantitative estimate of drug-likeness (QED) is 0.692. The summed E-state index contributed by atoms with van der Waals surface area (Å²) in [5.41, 5.74) is 0.440. The van der Waals surface area contributed by atoms with Crippen molar-refractivity contribution in [2.24, 2.45) is 0 Å². The Labute approximate surface area is 123 Å². The van der Waals surface area contributed by atoms with Crippen molar-refractivity contribution in [3.63, 3.8) is 0 Å². The molecule has 1 N–H and O–H groups in total. The van der Waals surface area contributed by atoms with E-state index in [4.69, 9.17) is 4.42 Å². The van der Waals surface area contributed by atoms with E-state index in [-0.39, 0.29) is 17.2 Å². The molecule has 0 aliphatic heterocycles. The molecule has 0 radical (unpaired) electrons. The van der Waals surface area contributed by atoms with Crippen LogP contribution in [0.4, 0.5) is 18.9 Å². The number of anilines is 1. The van der Waals surface area contributed by atoms with Crippen molar-refractivity contribution in [1.82, 2.24) is 0 Å². The molecular formula is C15H10F3NO3. The van der Waals surface area contributed by atoms with Gasteiger partial charge >= 0.3 is 12.1 Å². The number of amides is 1. The number of ketones is 1. The van der Waals surface area contributed by atoms with E-state index in [9.17, 15) is 22.8 Å². The van der Waals surface area contributed by atoms with Gasteiger partial charge in [0, 0.05) is 5.69 Å². The van der Waals surface area contributed by atoms with E-state index in [1.807, 2.05) is 0 Å². The summed E-state index contributed by atoms with van der Waals surface area (Å²) in [5, 5.41) is 1.74. The molecule has 0 saturated carbocycles. The van der Waals surface area contributed by atoms with E-state index >= 15 is 0 Å². The van der Waals surface area contributed by atoms with Crippen LogP contribution in [0.25, 0.3) is 6.08 Å². The highest BCUT2D eigenvalue weighted by Gasteiger charge is 2.38. The van der Waals surface area contributed by atoms with E-state index in [0.29, 0.717) is 5.56 Å². The predicted octanol–water partition coefficient (Wildman–Crippen LogP) is 3.68. The molecule has 7 heteroatoms. The van der Waals surface area contributed by atoms with Crippen molar-refractivity contribution in [2.45, 2.75) is 6.18 Å². The number of carbonyl (C=O) groups is 2. The van der Waals surface area contributed by atoms with Crippen molar-refractivity contribution in [3.8, 4) is 0 Å². The molecule has 0 saturated heterocycles. The number of carbonyl (C=O) groups excluding carboxylic acids is 2. The Morgan fingerprint density at radius 3 is 2.55 bits per heavy atom. The number of alkyl halides is 3. The average molecular weight is 309 g/mol. The minimum Gasteiger partial charge on any atom is -0.461 e. The number of hydrogen-bond donors (Lipinski definition) is 1. The van der Waals surface area contributed by atoms with E-state index < -0.39 is 12.1 Å². The molecule has 2 rings (SSSR count). The highest BCUT2D eigenvalue weighted by molar-refractivity contribution is 6.05. The summed E-state index contributed by atoms with van der Waals surface area (Å²) in [6.07, 6.45) is -0.965. The molecule has 114 valence electrons. The maximum absolute atomic E-state index is 12.2. The number of benzene rings is 1. The van der Waals surface area contributed by atoms with E-state index in [0.717, 1.165) is 0 Å². The number of nitrogens with one attached hydrogen (secondary N) is 1. The van der Waals surface area contributed by atoms with Crippen LogP contribution in [0.15, 0.2) is 53.2 Å². The summed E-state index contributed by atoms with van der Waals surface area (Å²) in [6, 6.07) is 8.73. The maximum atomic E-state index is 12.2. The fourth-order valence-electron chi connectivity index (χ4n) is 1.59. The lowest BCUT2D eigenvalue weighted by Crippen LogP contribution is -2.29. The lowest BCUT2D eigenvalue weighted by atomic mass is 10.1. The Hall–Kier alpha value is -2.83. The third-order valence-electron chi connectivity index (χ3n) is 2.59. The molecule has 1 aromatic heterocycles. The molecule has 0 spiro atoms. The molecule has 2 aromatic rings. The van der Waals surface area contributed by atoms with Gasteiger partial charge in [0.1, 0.15) is 0 Å². The van der Waals surface area contributed by atoms with Crippen molar-refractivity contribution >= 4 is 23.5 Å². The van der Waals surface area contributed by atoms with Gasteiger partial charge in [-0.15, -0.1) is 0 Å². The van der Waals surface area contributed by atoms with E-state index in [1.54, 1.807) is 17.4 Å². The van der Waals surface area contributed by atoms with Crippen LogP contribution in [0, 0.1) is 0 Å². The standard InChI is InChI=1S/C15H10F3NO3/c16-15(17,18)14(21)19-11-4-1-3-10(9-11)6-7-12(20)13-5-2-8-22-13/h1-9H,(H,19,21)/b7-6+. The highest BCUT2D eigenvalue weighted by atomic mass is 19.4. The van der Waals surface area contributed by atoms with Gasteiger partial charge in [-0.05, 0) is 35.9 Å². The zero-order chi connectivity index (χ0) is 16.2. The zero-order valence-corrected chi connectivity index (χ0v) is 11.1. The summed E-state index contributed by atoms with van der Waals surface area (Å²) in [5.74, 6) is -2.28. The average Bonchev–Trinajstić information content (AvgIpc) is 2.98. The van der Waals surface area contributed by atoms with Gasteiger partial charge in [0.2, 0.25) is 5.78 Å². The van der Waals surface area contributed by atoms with Crippen molar-refractivity contribution in [3.05, 3.63) is 60.1 Å². The molecule has 0 unspecified atom stereocenters. The fraction of sp³-hybridized carbons (Fsp3) is 0.0667. The van der Waals surface area contributed by atoms with Crippen LogP contribution in [0.1, 0.15) is 16.1 Å². The van der Waals surface area contributed by atoms with E-state index in [2.05, 4.69) is 0 Å². The molecule has 0 bridgehead atoms. The number of halogens is 3. The highest BCUT2D eigenvalue weighted by Crippen LogP contribution is 2.19. The molecule has 1 aromatic carbocycles. The number of rotatable bonds is 4. The van der Waals surface area contributed by atoms with Gasteiger partial charge in [0.15, 0.2) is 5.76 Å². The predicted molar refractivity (Wildman–Crippen MR) is 73.2 cm³/mol. The van der Waals surface area contributed by atoms with Crippen LogP contribution in [-0.2, 0) is 4.79 Å². The second-order valence-corrected chi connectivity index (χ2v) is 4.25. The smallest absolute Gasteiger partial charge is 0.461 e. The molecule has 0 atom stereocenters. The zero-order valence-electron chi connectivity index (χ0n) is 11.1. The largest absolute Gasteiger partial charge is 0.471 e. The Bertz CT molecular complexity index is 703. The minimum atomic E-state index is -4.96. The molecular weight excluding hydrogens is 299 g/mol. The molecule has 1 amide bonds. The minimum absolute atomic E-state index is 0.0186. The summed E-state index contributed by atoms with van der Waals surface area (Å²) in [4.78, 5) is 22.5. The SMILES string of the molecule is O=C(/C=C/c1cccc(NC(=O)C(F)(F)F)c1)c1ccco1. The Morgan fingerprint density at radius 1 is 1.14 bits per heavy atom. The number of furan rings is 1. The molecule has 0 aliphatic rings. The van der Waals surface area contributed by atoms with Gasteiger partial charge in [-0.2, -0.15) is 13.2 Å². The van der Waals surface area contributed by atoms with Crippen LogP contribution >= 0.6 is 0 Å². The Kier molecular flexibility index (Phi) is 4.45. The second-order valence-electron chi connectivity index (χ2n) is 4.25. The van der Waals surface area contributed by atoms with Gasteiger partial charge in [-0.25, -0.2) is 0 Å². The van der Waals surface area contributed by atoms with Gasteiger partial charge in [0.05, 0.1) is 6.26 Å². The second kappa shape index (κ2) is 6.30. The third-order valence-corrected chi connectivity index (χ3v) is 2.59. The van der Waals surface area contributed by atoms with Crippen molar-refractivity contribution in [2.75, 3.05) is 5.32 Å². The normalized spacial score (nSPS) is 11.6. The number of hydrogen-bond acceptors (Lipinski definition) is 3. The first-order chi connectivity index (χ1) is 10.4. The van der Waals surface area contributed by atoms with Gasteiger partial charge in [-0.3, -0.25) is 9.59 Å². The lowest BCUT2D eigenvalue weighted by Gasteiger charge is -2.08. The molecule has 4 nitrogen and oxygen atoms in total. The monoisotopic (exact) mass is 309 g/mol. The molecule has 0 aliphatic carbocycles. The first-order valence-corrected chi connectivity index (χ1v) is 6.10. The summed E-state index contributed by atoms with van der Waals surface area (Å²) in [7, 11) is 0. The van der Waals surface area contributed by atoms with Gasteiger partial charge in [0.25, 0.3) is 0 Å². The summed E-state index contributed by atoms with van der Waals surface area (Å²) < 4.78 is 41.4. The fourth-order valence-corrected chi connectivity index (χ4v) is 1.59. The van der Waals surface area contributed by atoms with Crippen LogP contribution in [0.5, 0.6) is 0 Å². The van der Waals surface area contributed by atoms with Crippen molar-refractivity contribution < 1.29 is 27.2 Å². The van der Waals surface area contributed by atoms with E-state index in [1.165, 1.54) is 42.7 Å². The topological polar surface area (TPSA) is 59.3 Å². The first-order valence-electron chi connectivity index (χ1n) is 6.10. The molecule has 22 heavy (non-hydrogen) atoms. The summed E-state index contributed by atoms with van der Waals surface area (Å²) >= 11 is 0. The van der Waals surface area contributed by atoms with Crippen LogP contribution in [0.3, 0.4) is 0 Å². The van der Waals surface area contributed by atoms with Gasteiger partial charge < -0.3 is 9.73 Å². The summed E-state index contributed by atoms with van der Waals surface area (Å²) in [6.45, 7) is 0. The maximum Gasteiger partial charge on any atom is 0.471 e. The number of allylic oxidation sites excluding steroid dienone is 1. The molecule has 0 fully saturated rings.